The first-order valence-electron chi connectivity index (χ1n) is 5.84. The molecule has 0 aliphatic heterocycles. The van der Waals surface area contributed by atoms with Crippen molar-refractivity contribution in [3.8, 4) is 0 Å². The highest BCUT2D eigenvalue weighted by molar-refractivity contribution is 5.76. The number of nitrogens with one attached hydrogen (secondary N) is 1. The Hall–Kier alpha value is -0.780. The molecular formula is C11H21F3N2O. The van der Waals surface area contributed by atoms with Crippen LogP contribution in [0.25, 0.3) is 0 Å². The molecule has 0 radical (unpaired) electrons. The van der Waals surface area contributed by atoms with Gasteiger partial charge in [0.1, 0.15) is 6.54 Å². The molecule has 0 fully saturated rings. The summed E-state index contributed by atoms with van der Waals surface area (Å²) in [5.41, 5.74) is 0. The average Bonchev–Trinajstić information content (AvgIpc) is 2.14. The van der Waals surface area contributed by atoms with E-state index in [1.165, 1.54) is 0 Å². The summed E-state index contributed by atoms with van der Waals surface area (Å²) in [6.07, 6.45) is -3.69. The Kier molecular flexibility index (Phi) is 7.18. The Morgan fingerprint density at radius 2 is 1.94 bits per heavy atom. The zero-order valence-electron chi connectivity index (χ0n) is 10.6. The molecule has 0 bridgehead atoms. The third kappa shape index (κ3) is 8.97. The van der Waals surface area contributed by atoms with Crippen LogP contribution >= 0.6 is 0 Å². The molecule has 0 spiro atoms. The number of hydrogen-bond acceptors (Lipinski definition) is 2. The predicted octanol–water partition coefficient (Wildman–Crippen LogP) is 2.18. The molecule has 0 atom stereocenters. The molecule has 0 unspecified atom stereocenters. The van der Waals surface area contributed by atoms with Gasteiger partial charge in [-0.15, -0.1) is 0 Å². The standard InChI is InChI=1S/C11H21F3N2O/c1-4-7-16(8-11(12,13)14)10(17)5-6-15-9(2)3/h9,15H,4-8H2,1-3H3. The van der Waals surface area contributed by atoms with E-state index < -0.39 is 18.6 Å². The summed E-state index contributed by atoms with van der Waals surface area (Å²) >= 11 is 0. The summed E-state index contributed by atoms with van der Waals surface area (Å²) < 4.78 is 36.7. The van der Waals surface area contributed by atoms with Crippen LogP contribution in [0.15, 0.2) is 0 Å². The highest BCUT2D eigenvalue weighted by atomic mass is 19.4. The fourth-order valence-corrected chi connectivity index (χ4v) is 1.40. The lowest BCUT2D eigenvalue weighted by Gasteiger charge is -2.23. The van der Waals surface area contributed by atoms with Gasteiger partial charge in [0, 0.05) is 25.6 Å². The van der Waals surface area contributed by atoms with Crippen LogP contribution in [0.2, 0.25) is 0 Å². The minimum absolute atomic E-state index is 0.105. The molecule has 1 amide bonds. The molecule has 1 N–H and O–H groups in total. The number of rotatable bonds is 7. The van der Waals surface area contributed by atoms with Gasteiger partial charge in [0.05, 0.1) is 0 Å². The van der Waals surface area contributed by atoms with E-state index in [1.807, 2.05) is 13.8 Å². The molecule has 0 rings (SSSR count). The Labute approximate surface area is 100 Å². The molecule has 0 saturated heterocycles. The normalized spacial score (nSPS) is 11.9. The van der Waals surface area contributed by atoms with Crippen LogP contribution in [0.4, 0.5) is 13.2 Å². The van der Waals surface area contributed by atoms with E-state index in [1.54, 1.807) is 6.92 Å². The Bertz CT molecular complexity index is 229. The highest BCUT2D eigenvalue weighted by Crippen LogP contribution is 2.17. The first-order valence-corrected chi connectivity index (χ1v) is 5.84. The smallest absolute Gasteiger partial charge is 0.334 e. The van der Waals surface area contributed by atoms with Gasteiger partial charge in [-0.05, 0) is 6.42 Å². The first-order chi connectivity index (χ1) is 7.76. The van der Waals surface area contributed by atoms with Gasteiger partial charge < -0.3 is 10.2 Å². The minimum atomic E-state index is -4.32. The van der Waals surface area contributed by atoms with Crippen molar-refractivity contribution in [2.75, 3.05) is 19.6 Å². The lowest BCUT2D eigenvalue weighted by molar-refractivity contribution is -0.161. The number of hydrogen-bond donors (Lipinski definition) is 1. The van der Waals surface area contributed by atoms with E-state index in [4.69, 9.17) is 0 Å². The average molecular weight is 254 g/mol. The van der Waals surface area contributed by atoms with Gasteiger partial charge in [-0.1, -0.05) is 20.8 Å². The lowest BCUT2D eigenvalue weighted by atomic mass is 10.3. The number of halogens is 3. The van der Waals surface area contributed by atoms with E-state index in [0.29, 0.717) is 13.0 Å². The molecule has 0 aromatic carbocycles. The molecule has 0 aliphatic rings. The van der Waals surface area contributed by atoms with Gasteiger partial charge in [-0.2, -0.15) is 13.2 Å². The van der Waals surface area contributed by atoms with Gasteiger partial charge in [0.2, 0.25) is 5.91 Å². The summed E-state index contributed by atoms with van der Waals surface area (Å²) in [4.78, 5) is 12.5. The van der Waals surface area contributed by atoms with Crippen LogP contribution in [-0.4, -0.2) is 42.7 Å². The van der Waals surface area contributed by atoms with Gasteiger partial charge in [-0.25, -0.2) is 0 Å². The van der Waals surface area contributed by atoms with Gasteiger partial charge >= 0.3 is 6.18 Å². The summed E-state index contributed by atoms with van der Waals surface area (Å²) in [5.74, 6) is -0.447. The van der Waals surface area contributed by atoms with E-state index in [-0.39, 0.29) is 19.0 Å². The van der Waals surface area contributed by atoms with E-state index in [0.717, 1.165) is 4.90 Å². The number of carbonyl (C=O) groups is 1. The first kappa shape index (κ1) is 16.2. The monoisotopic (exact) mass is 254 g/mol. The molecule has 0 heterocycles. The van der Waals surface area contributed by atoms with Crippen molar-refractivity contribution in [3.05, 3.63) is 0 Å². The third-order valence-corrected chi connectivity index (χ3v) is 2.11. The SMILES string of the molecule is CCCN(CC(F)(F)F)C(=O)CCNC(C)C. The van der Waals surface area contributed by atoms with Crippen molar-refractivity contribution in [3.63, 3.8) is 0 Å². The second kappa shape index (κ2) is 7.53. The molecule has 17 heavy (non-hydrogen) atoms. The fraction of sp³-hybridized carbons (Fsp3) is 0.909. The van der Waals surface area contributed by atoms with Crippen molar-refractivity contribution in [1.82, 2.24) is 10.2 Å². The lowest BCUT2D eigenvalue weighted by Crippen LogP contribution is -2.40. The van der Waals surface area contributed by atoms with Crippen LogP contribution in [0, 0.1) is 0 Å². The number of amides is 1. The Morgan fingerprint density at radius 3 is 2.35 bits per heavy atom. The molecule has 3 nitrogen and oxygen atoms in total. The maximum atomic E-state index is 12.2. The maximum absolute atomic E-state index is 12.2. The van der Waals surface area contributed by atoms with Crippen molar-refractivity contribution in [1.29, 1.82) is 0 Å². The summed E-state index contributed by atoms with van der Waals surface area (Å²) in [7, 11) is 0. The predicted molar refractivity (Wildman–Crippen MR) is 60.7 cm³/mol. The molecule has 0 aliphatic carbocycles. The minimum Gasteiger partial charge on any atom is -0.334 e. The Balaban J connectivity index is 4.15. The zero-order chi connectivity index (χ0) is 13.5. The van der Waals surface area contributed by atoms with Crippen LogP contribution < -0.4 is 5.32 Å². The second-order valence-electron chi connectivity index (χ2n) is 4.29. The topological polar surface area (TPSA) is 32.3 Å². The van der Waals surface area contributed by atoms with E-state index in [9.17, 15) is 18.0 Å². The van der Waals surface area contributed by atoms with Crippen molar-refractivity contribution in [2.24, 2.45) is 0 Å². The van der Waals surface area contributed by atoms with E-state index >= 15 is 0 Å². The van der Waals surface area contributed by atoms with Crippen molar-refractivity contribution in [2.45, 2.75) is 45.8 Å². The molecular weight excluding hydrogens is 233 g/mol. The van der Waals surface area contributed by atoms with Crippen LogP contribution in [0.3, 0.4) is 0 Å². The Morgan fingerprint density at radius 1 is 1.35 bits per heavy atom. The van der Waals surface area contributed by atoms with Gasteiger partial charge in [0.15, 0.2) is 0 Å². The molecule has 0 aromatic rings. The second-order valence-corrected chi connectivity index (χ2v) is 4.29. The molecule has 0 saturated carbocycles. The van der Waals surface area contributed by atoms with Crippen LogP contribution in [0.5, 0.6) is 0 Å². The zero-order valence-corrected chi connectivity index (χ0v) is 10.6. The molecule has 6 heteroatoms. The van der Waals surface area contributed by atoms with Crippen LogP contribution in [-0.2, 0) is 4.79 Å². The summed E-state index contributed by atoms with van der Waals surface area (Å²) in [6, 6.07) is 0.227. The quantitative estimate of drug-likeness (QED) is 0.755. The van der Waals surface area contributed by atoms with Crippen molar-refractivity contribution >= 4 is 5.91 Å². The molecule has 102 valence electrons. The number of nitrogens with zero attached hydrogens (tertiary/aromatic N) is 1. The summed E-state index contributed by atoms with van der Waals surface area (Å²) in [6.45, 7) is 5.01. The van der Waals surface area contributed by atoms with Crippen molar-refractivity contribution < 1.29 is 18.0 Å². The largest absolute Gasteiger partial charge is 0.406 e. The van der Waals surface area contributed by atoms with Crippen LogP contribution in [0.1, 0.15) is 33.6 Å². The van der Waals surface area contributed by atoms with Gasteiger partial charge in [-0.3, -0.25) is 4.79 Å². The fourth-order valence-electron chi connectivity index (χ4n) is 1.40. The van der Waals surface area contributed by atoms with Gasteiger partial charge in [0.25, 0.3) is 0 Å². The third-order valence-electron chi connectivity index (χ3n) is 2.11. The number of carbonyl (C=O) groups excluding carboxylic acids is 1. The molecule has 0 aromatic heterocycles. The number of alkyl halides is 3. The summed E-state index contributed by atoms with van der Waals surface area (Å²) in [5, 5.41) is 3.01. The van der Waals surface area contributed by atoms with E-state index in [2.05, 4.69) is 5.32 Å². The maximum Gasteiger partial charge on any atom is 0.406 e. The highest BCUT2D eigenvalue weighted by Gasteiger charge is 2.32.